The van der Waals surface area contributed by atoms with Crippen LogP contribution in [0, 0.1) is 6.92 Å². The quantitative estimate of drug-likeness (QED) is 0.368. The number of aryl methyl sites for hydroxylation is 1. The number of hydrogen-bond acceptors (Lipinski definition) is 2. The summed E-state index contributed by atoms with van der Waals surface area (Å²) in [7, 11) is 0. The predicted molar refractivity (Wildman–Crippen MR) is 46.6 cm³/mol. The summed E-state index contributed by atoms with van der Waals surface area (Å²) in [6.45, 7) is 3.93. The first-order valence-electron chi connectivity index (χ1n) is 3.34. The fourth-order valence-electron chi connectivity index (χ4n) is 0.812. The van der Waals surface area contributed by atoms with Crippen LogP contribution in [0.15, 0.2) is 17.2 Å². The maximum absolute atomic E-state index is 8.17. The molecule has 0 fully saturated rings. The van der Waals surface area contributed by atoms with Crippen LogP contribution in [0.25, 0.3) is 10.4 Å². The summed E-state index contributed by atoms with van der Waals surface area (Å²) in [6, 6.07) is 4.00. The van der Waals surface area contributed by atoms with Crippen LogP contribution in [-0.4, -0.2) is 0 Å². The van der Waals surface area contributed by atoms with Crippen molar-refractivity contribution in [3.8, 4) is 0 Å². The fourth-order valence-corrected chi connectivity index (χ4v) is 1.67. The maximum atomic E-state index is 8.17. The Labute approximate surface area is 69.3 Å². The highest BCUT2D eigenvalue weighted by Gasteiger charge is 2.03. The Kier molecular flexibility index (Phi) is 2.52. The van der Waals surface area contributed by atoms with Crippen molar-refractivity contribution < 1.29 is 0 Å². The van der Waals surface area contributed by atoms with Crippen molar-refractivity contribution in [1.29, 1.82) is 0 Å². The summed E-state index contributed by atoms with van der Waals surface area (Å²) < 4.78 is 0. The van der Waals surface area contributed by atoms with Crippen molar-refractivity contribution in [3.63, 3.8) is 0 Å². The molecule has 58 valence electrons. The van der Waals surface area contributed by atoms with Gasteiger partial charge in [-0.15, -0.1) is 11.3 Å². The first-order valence-corrected chi connectivity index (χ1v) is 4.16. The van der Waals surface area contributed by atoms with Gasteiger partial charge >= 0.3 is 0 Å². The Hall–Kier alpha value is -0.990. The molecule has 3 nitrogen and oxygen atoms in total. The number of azide groups is 1. The molecule has 0 spiro atoms. The van der Waals surface area contributed by atoms with Crippen molar-refractivity contribution >= 4 is 11.3 Å². The highest BCUT2D eigenvalue weighted by atomic mass is 32.1. The van der Waals surface area contributed by atoms with E-state index in [0.717, 1.165) is 4.88 Å². The van der Waals surface area contributed by atoms with Gasteiger partial charge in [-0.25, -0.2) is 0 Å². The number of nitrogens with zero attached hydrogens (tertiary/aromatic N) is 3. The Bertz CT molecular complexity index is 286. The summed E-state index contributed by atoms with van der Waals surface area (Å²) in [4.78, 5) is 5.13. The summed E-state index contributed by atoms with van der Waals surface area (Å²) in [5.41, 5.74) is 8.17. The van der Waals surface area contributed by atoms with Gasteiger partial charge in [0.25, 0.3) is 0 Å². The van der Waals surface area contributed by atoms with E-state index in [1.165, 1.54) is 4.88 Å². The van der Waals surface area contributed by atoms with Gasteiger partial charge in [0.15, 0.2) is 0 Å². The second kappa shape index (κ2) is 3.42. The first kappa shape index (κ1) is 8.11. The topological polar surface area (TPSA) is 48.8 Å². The Morgan fingerprint density at radius 2 is 2.36 bits per heavy atom. The molecule has 1 aromatic rings. The number of rotatable bonds is 2. The van der Waals surface area contributed by atoms with Gasteiger partial charge in [0.1, 0.15) is 0 Å². The molecule has 0 N–H and O–H groups in total. The van der Waals surface area contributed by atoms with Gasteiger partial charge in [-0.2, -0.15) is 0 Å². The molecule has 11 heavy (non-hydrogen) atoms. The summed E-state index contributed by atoms with van der Waals surface area (Å²) in [6.07, 6.45) is 0. The Balaban J connectivity index is 2.84. The average molecular weight is 167 g/mol. The molecule has 0 aliphatic heterocycles. The van der Waals surface area contributed by atoms with E-state index in [9.17, 15) is 0 Å². The van der Waals surface area contributed by atoms with E-state index in [1.807, 2.05) is 26.0 Å². The molecule has 0 unspecified atom stereocenters. The molecular weight excluding hydrogens is 158 g/mol. The highest BCUT2D eigenvalue weighted by molar-refractivity contribution is 7.12. The van der Waals surface area contributed by atoms with Crippen molar-refractivity contribution in [2.45, 2.75) is 19.9 Å². The van der Waals surface area contributed by atoms with Gasteiger partial charge in [0, 0.05) is 14.7 Å². The standard InChI is InChI=1S/C7H9N3S/c1-5-3-4-7(11-5)6(2)9-10-8/h3-4,6H,1-2H3/t6-/m1/s1. The van der Waals surface area contributed by atoms with Gasteiger partial charge in [-0.05, 0) is 24.6 Å². The first-order chi connectivity index (χ1) is 5.24. The summed E-state index contributed by atoms with van der Waals surface area (Å²) >= 11 is 1.67. The lowest BCUT2D eigenvalue weighted by molar-refractivity contribution is 0.827. The van der Waals surface area contributed by atoms with Crippen molar-refractivity contribution in [2.24, 2.45) is 5.11 Å². The number of thiophene rings is 1. The fraction of sp³-hybridized carbons (Fsp3) is 0.429. The van der Waals surface area contributed by atoms with E-state index >= 15 is 0 Å². The van der Waals surface area contributed by atoms with Gasteiger partial charge in [0.2, 0.25) is 0 Å². The third kappa shape index (κ3) is 1.97. The third-order valence-electron chi connectivity index (χ3n) is 1.40. The van der Waals surface area contributed by atoms with Crippen LogP contribution in [0.3, 0.4) is 0 Å². The largest absolute Gasteiger partial charge is 0.145 e. The molecule has 1 aromatic heterocycles. The van der Waals surface area contributed by atoms with Crippen LogP contribution in [-0.2, 0) is 0 Å². The molecule has 0 saturated carbocycles. The smallest absolute Gasteiger partial charge is 0.0690 e. The second-order valence-corrected chi connectivity index (χ2v) is 3.65. The maximum Gasteiger partial charge on any atom is 0.0690 e. The molecule has 0 saturated heterocycles. The molecule has 0 aromatic carbocycles. The lowest BCUT2D eigenvalue weighted by Crippen LogP contribution is -1.79. The normalized spacial score (nSPS) is 12.2. The van der Waals surface area contributed by atoms with E-state index in [4.69, 9.17) is 5.53 Å². The average Bonchev–Trinajstić information content (AvgIpc) is 2.36. The van der Waals surface area contributed by atoms with Crippen molar-refractivity contribution in [2.75, 3.05) is 0 Å². The molecule has 0 aliphatic rings. The van der Waals surface area contributed by atoms with Gasteiger partial charge in [0.05, 0.1) is 6.04 Å². The van der Waals surface area contributed by atoms with Crippen molar-refractivity contribution in [1.82, 2.24) is 0 Å². The van der Waals surface area contributed by atoms with Crippen LogP contribution >= 0.6 is 11.3 Å². The Morgan fingerprint density at radius 1 is 1.64 bits per heavy atom. The molecule has 4 heteroatoms. The van der Waals surface area contributed by atoms with E-state index in [1.54, 1.807) is 11.3 Å². The second-order valence-electron chi connectivity index (χ2n) is 2.33. The van der Waals surface area contributed by atoms with Crippen LogP contribution in [0.1, 0.15) is 22.7 Å². The van der Waals surface area contributed by atoms with Gasteiger partial charge < -0.3 is 0 Å². The van der Waals surface area contributed by atoms with Crippen molar-refractivity contribution in [3.05, 3.63) is 32.3 Å². The van der Waals surface area contributed by atoms with Crippen LogP contribution in [0.5, 0.6) is 0 Å². The molecule has 0 bridgehead atoms. The molecule has 1 heterocycles. The minimum atomic E-state index is -0.0290. The molecule has 0 amide bonds. The lowest BCUT2D eigenvalue weighted by Gasteiger charge is -1.96. The van der Waals surface area contributed by atoms with Gasteiger partial charge in [-0.1, -0.05) is 12.0 Å². The molecule has 0 aliphatic carbocycles. The van der Waals surface area contributed by atoms with E-state index in [2.05, 4.69) is 10.0 Å². The minimum Gasteiger partial charge on any atom is -0.145 e. The minimum absolute atomic E-state index is 0.0290. The Morgan fingerprint density at radius 3 is 2.82 bits per heavy atom. The molecule has 1 atom stereocenters. The summed E-state index contributed by atoms with van der Waals surface area (Å²) in [5, 5.41) is 3.60. The van der Waals surface area contributed by atoms with E-state index in [-0.39, 0.29) is 6.04 Å². The molecule has 0 radical (unpaired) electrons. The van der Waals surface area contributed by atoms with E-state index < -0.39 is 0 Å². The molecular formula is C7H9N3S. The number of hydrogen-bond donors (Lipinski definition) is 0. The SMILES string of the molecule is Cc1ccc([C@@H](C)N=[N+]=[N-])s1. The third-order valence-corrected chi connectivity index (χ3v) is 2.57. The van der Waals surface area contributed by atoms with Gasteiger partial charge in [-0.3, -0.25) is 0 Å². The van der Waals surface area contributed by atoms with Crippen LogP contribution in [0.2, 0.25) is 0 Å². The van der Waals surface area contributed by atoms with Crippen LogP contribution in [0.4, 0.5) is 0 Å². The zero-order valence-electron chi connectivity index (χ0n) is 6.48. The molecule has 1 rings (SSSR count). The monoisotopic (exact) mass is 167 g/mol. The summed E-state index contributed by atoms with van der Waals surface area (Å²) in [5.74, 6) is 0. The van der Waals surface area contributed by atoms with Crippen LogP contribution < -0.4 is 0 Å². The lowest BCUT2D eigenvalue weighted by atomic mass is 10.3. The zero-order valence-corrected chi connectivity index (χ0v) is 7.30. The highest BCUT2D eigenvalue weighted by Crippen LogP contribution is 2.24. The van der Waals surface area contributed by atoms with E-state index in [0.29, 0.717) is 0 Å². The zero-order chi connectivity index (χ0) is 8.27. The predicted octanol–water partition coefficient (Wildman–Crippen LogP) is 3.43.